The van der Waals surface area contributed by atoms with E-state index in [0.29, 0.717) is 0 Å². The van der Waals surface area contributed by atoms with Gasteiger partial charge in [0.25, 0.3) is 11.2 Å². The molecule has 174 valence electrons. The molecule has 0 fully saturated rings. The number of rotatable bonds is 2. The molecule has 0 aromatic heterocycles. The van der Waals surface area contributed by atoms with Crippen LogP contribution in [0.5, 0.6) is 11.5 Å². The van der Waals surface area contributed by atoms with Gasteiger partial charge in [0.2, 0.25) is 0 Å². The maximum absolute atomic E-state index is 13.1. The fourth-order valence-corrected chi connectivity index (χ4v) is 2.74. The van der Waals surface area contributed by atoms with Gasteiger partial charge in [0.05, 0.1) is 11.1 Å². The normalized spacial score (nSPS) is 14.9. The molecule has 1 aromatic carbocycles. The molecule has 0 saturated carbocycles. The van der Waals surface area contributed by atoms with Crippen molar-refractivity contribution in [2.24, 2.45) is 0 Å². The van der Waals surface area contributed by atoms with E-state index in [9.17, 15) is 73.1 Å². The molecule has 0 aliphatic rings. The number of alkyl halides is 12. The minimum Gasteiger partial charge on any atom is -0.507 e. The topological polar surface area (TPSA) is 80.9 Å². The highest BCUT2D eigenvalue weighted by Gasteiger charge is 2.75. The first-order valence-electron chi connectivity index (χ1n) is 7.16. The summed E-state index contributed by atoms with van der Waals surface area (Å²) >= 11 is 0. The van der Waals surface area contributed by atoms with Crippen LogP contribution in [-0.2, 0) is 11.2 Å². The monoisotopic (exact) mass is 470 g/mol. The molecule has 0 amide bonds. The van der Waals surface area contributed by atoms with Crippen molar-refractivity contribution in [2.75, 3.05) is 0 Å². The van der Waals surface area contributed by atoms with Crippen LogP contribution in [0.25, 0.3) is 0 Å². The van der Waals surface area contributed by atoms with Gasteiger partial charge in [-0.25, -0.2) is 0 Å². The highest BCUT2D eigenvalue weighted by molar-refractivity contribution is 5.62. The fourth-order valence-electron chi connectivity index (χ4n) is 2.74. The average Bonchev–Trinajstić information content (AvgIpc) is 2.48. The van der Waals surface area contributed by atoms with Gasteiger partial charge in [-0.3, -0.25) is 0 Å². The summed E-state index contributed by atoms with van der Waals surface area (Å²) in [6, 6.07) is 0. The molecule has 0 spiro atoms. The molecule has 1 aromatic rings. The Balaban J connectivity index is 4.28. The van der Waals surface area contributed by atoms with Crippen molar-refractivity contribution < 1.29 is 73.1 Å². The molecule has 0 saturated heterocycles. The largest absolute Gasteiger partial charge is 0.507 e. The smallest absolute Gasteiger partial charge is 0.430 e. The van der Waals surface area contributed by atoms with Crippen LogP contribution in [0.2, 0.25) is 0 Å². The Morgan fingerprint density at radius 1 is 0.467 bits per heavy atom. The first kappa shape index (κ1) is 25.9. The summed E-state index contributed by atoms with van der Waals surface area (Å²) < 4.78 is 157. The van der Waals surface area contributed by atoms with E-state index >= 15 is 0 Å². The van der Waals surface area contributed by atoms with E-state index < -0.39 is 69.7 Å². The molecule has 0 bridgehead atoms. The van der Waals surface area contributed by atoms with Crippen LogP contribution < -0.4 is 0 Å². The minimum atomic E-state index is -6.70. The van der Waals surface area contributed by atoms with E-state index in [2.05, 4.69) is 0 Å². The summed E-state index contributed by atoms with van der Waals surface area (Å²) in [6.45, 7) is -0.0497. The molecule has 16 heteroatoms. The summed E-state index contributed by atoms with van der Waals surface area (Å²) in [5.41, 5.74) is -21.4. The maximum atomic E-state index is 13.1. The van der Waals surface area contributed by atoms with Gasteiger partial charge in [0.1, 0.15) is 11.5 Å². The molecule has 0 unspecified atom stereocenters. The average molecular weight is 470 g/mol. The number of halogens is 12. The van der Waals surface area contributed by atoms with E-state index in [1.807, 2.05) is 0 Å². The third-order valence-corrected chi connectivity index (χ3v) is 4.30. The van der Waals surface area contributed by atoms with E-state index in [0.717, 1.165) is 0 Å². The van der Waals surface area contributed by atoms with E-state index in [4.69, 9.17) is 0 Å². The van der Waals surface area contributed by atoms with Crippen molar-refractivity contribution in [3.63, 3.8) is 0 Å². The molecule has 30 heavy (non-hydrogen) atoms. The Bertz CT molecular complexity index is 706. The van der Waals surface area contributed by atoms with Crippen LogP contribution in [0.4, 0.5) is 52.7 Å². The Morgan fingerprint density at radius 2 is 0.633 bits per heavy atom. The predicted octanol–water partition coefficient (Wildman–Crippen LogP) is 4.34. The van der Waals surface area contributed by atoms with Crippen LogP contribution >= 0.6 is 0 Å². The second-order valence-electron chi connectivity index (χ2n) is 6.11. The van der Waals surface area contributed by atoms with Crippen molar-refractivity contribution in [3.05, 3.63) is 22.3 Å². The molecular formula is C14H10F12O4. The van der Waals surface area contributed by atoms with Gasteiger partial charge < -0.3 is 20.4 Å². The second kappa shape index (κ2) is 6.70. The van der Waals surface area contributed by atoms with Gasteiger partial charge >= 0.3 is 24.7 Å². The van der Waals surface area contributed by atoms with Crippen LogP contribution in [0, 0.1) is 13.8 Å². The number of aliphatic hydroxyl groups is 2. The predicted molar refractivity (Wildman–Crippen MR) is 71.3 cm³/mol. The number of benzene rings is 1. The lowest BCUT2D eigenvalue weighted by Gasteiger charge is -2.38. The van der Waals surface area contributed by atoms with Gasteiger partial charge in [-0.15, -0.1) is 0 Å². The van der Waals surface area contributed by atoms with Crippen LogP contribution in [0.3, 0.4) is 0 Å². The minimum absolute atomic E-state index is 0.0249. The first-order valence-corrected chi connectivity index (χ1v) is 7.16. The number of phenolic OH excluding ortho intramolecular Hbond substituents is 2. The van der Waals surface area contributed by atoms with Gasteiger partial charge in [-0.05, 0) is 13.8 Å². The first-order chi connectivity index (χ1) is 12.9. The third-order valence-electron chi connectivity index (χ3n) is 4.30. The van der Waals surface area contributed by atoms with Crippen molar-refractivity contribution in [3.8, 4) is 11.5 Å². The molecule has 0 aliphatic carbocycles. The lowest BCUT2D eigenvalue weighted by molar-refractivity contribution is -0.378. The fraction of sp³-hybridized carbons (Fsp3) is 0.571. The SMILES string of the molecule is Cc1c(O)c(C(O)(C(F)(F)F)C(F)(F)F)c(C)c(O)c1C(O)(C(F)(F)F)C(F)(F)F. The Kier molecular flexibility index (Phi) is 5.79. The quantitative estimate of drug-likeness (QED) is 0.383. The molecule has 0 radical (unpaired) electrons. The Hall–Kier alpha value is -2.10. The maximum Gasteiger partial charge on any atom is 0.430 e. The van der Waals surface area contributed by atoms with Crippen molar-refractivity contribution in [1.82, 2.24) is 0 Å². The summed E-state index contributed by atoms with van der Waals surface area (Å²) in [5.74, 6) is -5.02. The van der Waals surface area contributed by atoms with Gasteiger partial charge in [-0.2, -0.15) is 52.7 Å². The van der Waals surface area contributed by atoms with Gasteiger partial charge in [0.15, 0.2) is 0 Å². The molecular weight excluding hydrogens is 460 g/mol. The lowest BCUT2D eigenvalue weighted by atomic mass is 9.79. The van der Waals surface area contributed by atoms with Gasteiger partial charge in [-0.1, -0.05) is 0 Å². The van der Waals surface area contributed by atoms with Crippen molar-refractivity contribution in [1.29, 1.82) is 0 Å². The number of hydrogen-bond donors (Lipinski definition) is 4. The Morgan fingerprint density at radius 3 is 0.767 bits per heavy atom. The van der Waals surface area contributed by atoms with Crippen molar-refractivity contribution >= 4 is 0 Å². The van der Waals surface area contributed by atoms with E-state index in [-0.39, 0.29) is 13.8 Å². The zero-order valence-corrected chi connectivity index (χ0v) is 14.3. The lowest BCUT2D eigenvalue weighted by Crippen LogP contribution is -2.55. The molecule has 1 rings (SSSR count). The highest BCUT2D eigenvalue weighted by Crippen LogP contribution is 2.59. The third kappa shape index (κ3) is 3.29. The summed E-state index contributed by atoms with van der Waals surface area (Å²) in [7, 11) is 0. The Labute approximate surface area is 158 Å². The molecule has 4 N–H and O–H groups in total. The second-order valence-corrected chi connectivity index (χ2v) is 6.11. The van der Waals surface area contributed by atoms with E-state index in [1.165, 1.54) is 0 Å². The number of aromatic hydroxyl groups is 2. The molecule has 0 aliphatic heterocycles. The van der Waals surface area contributed by atoms with Gasteiger partial charge in [0, 0.05) is 11.1 Å². The molecule has 0 atom stereocenters. The molecule has 0 heterocycles. The van der Waals surface area contributed by atoms with Crippen LogP contribution in [0.1, 0.15) is 22.3 Å². The number of hydrogen-bond acceptors (Lipinski definition) is 4. The zero-order chi connectivity index (χ0) is 24.5. The van der Waals surface area contributed by atoms with Crippen LogP contribution in [0.15, 0.2) is 0 Å². The van der Waals surface area contributed by atoms with Crippen LogP contribution in [-0.4, -0.2) is 45.1 Å². The summed E-state index contributed by atoms with van der Waals surface area (Å²) in [5, 5.41) is 38.2. The molecule has 4 nitrogen and oxygen atoms in total. The summed E-state index contributed by atoms with van der Waals surface area (Å²) in [6.07, 6.45) is -26.8. The zero-order valence-electron chi connectivity index (χ0n) is 14.3. The number of phenols is 2. The standard InChI is InChI=1S/C14H10F12O4/c1-3-5(9(29,11(15,16)17)12(18,19)20)8(28)4(2)6(7(3)27)10(30,13(21,22)23)14(24,25)26/h27-30H,1-2H3. The highest BCUT2D eigenvalue weighted by atomic mass is 19.4. The summed E-state index contributed by atoms with van der Waals surface area (Å²) in [4.78, 5) is 0. The van der Waals surface area contributed by atoms with E-state index in [1.54, 1.807) is 0 Å². The van der Waals surface area contributed by atoms with Crippen molar-refractivity contribution in [2.45, 2.75) is 49.8 Å².